The Kier molecular flexibility index (Phi) is 9.89. The Balaban J connectivity index is 1.57. The second-order valence-corrected chi connectivity index (χ2v) is 7.99. The first kappa shape index (κ1) is 27.7. The van der Waals surface area contributed by atoms with Gasteiger partial charge in [-0.1, -0.05) is 53.7 Å². The maximum absolute atomic E-state index is 12.3. The van der Waals surface area contributed by atoms with Gasteiger partial charge in [-0.2, -0.15) is 0 Å². The molecule has 0 bridgehead atoms. The summed E-state index contributed by atoms with van der Waals surface area (Å²) < 4.78 is 63.5. The van der Waals surface area contributed by atoms with Crippen LogP contribution in [0.4, 0.5) is 13.2 Å². The van der Waals surface area contributed by atoms with Crippen molar-refractivity contribution in [2.75, 3.05) is 20.8 Å². The molecular weight excluding hydrogens is 479 g/mol. The number of hydrogen-bond donors (Lipinski definition) is 0. The van der Waals surface area contributed by atoms with Crippen LogP contribution in [0.1, 0.15) is 30.5 Å². The fraction of sp³-hybridized carbons (Fsp3) is 0.423. The number of benzene rings is 2. The molecule has 7 nitrogen and oxygen atoms in total. The van der Waals surface area contributed by atoms with E-state index in [0.29, 0.717) is 6.61 Å². The van der Waals surface area contributed by atoms with Crippen LogP contribution in [0.25, 0.3) is 12.2 Å². The first-order valence-electron chi connectivity index (χ1n) is 11.4. The van der Waals surface area contributed by atoms with Crippen molar-refractivity contribution < 1.29 is 41.7 Å². The number of hydrogen-bond acceptors (Lipinski definition) is 7. The predicted octanol–water partition coefficient (Wildman–Crippen LogP) is 5.29. The predicted molar refractivity (Wildman–Crippen MR) is 129 cm³/mol. The lowest BCUT2D eigenvalue weighted by atomic mass is 9.99. The van der Waals surface area contributed by atoms with E-state index < -0.39 is 18.8 Å². The highest BCUT2D eigenvalue weighted by molar-refractivity contribution is 5.80. The van der Waals surface area contributed by atoms with E-state index in [-0.39, 0.29) is 24.1 Å². The average Bonchev–Trinajstić information content (AvgIpc) is 2.84. The molecule has 0 saturated carbocycles. The number of halogens is 3. The number of methoxy groups -OCH3 is 2. The van der Waals surface area contributed by atoms with Gasteiger partial charge >= 0.3 is 6.36 Å². The molecule has 1 saturated heterocycles. The summed E-state index contributed by atoms with van der Waals surface area (Å²) in [6, 6.07) is 13.1. The molecule has 0 aliphatic carbocycles. The lowest BCUT2D eigenvalue weighted by Crippen LogP contribution is -2.59. The summed E-state index contributed by atoms with van der Waals surface area (Å²) in [6.07, 6.45) is -1.75. The summed E-state index contributed by atoms with van der Waals surface area (Å²) in [7, 11) is 3.16. The molecule has 0 radical (unpaired) electrons. The van der Waals surface area contributed by atoms with Gasteiger partial charge in [0, 0.05) is 20.8 Å². The molecule has 0 unspecified atom stereocenters. The van der Waals surface area contributed by atoms with Gasteiger partial charge in [0.25, 0.3) is 6.29 Å². The largest absolute Gasteiger partial charge is 0.573 e. The van der Waals surface area contributed by atoms with E-state index in [9.17, 15) is 13.2 Å². The Hall–Kier alpha value is -2.92. The van der Waals surface area contributed by atoms with Crippen molar-refractivity contribution in [2.24, 2.45) is 5.16 Å². The van der Waals surface area contributed by atoms with Gasteiger partial charge < -0.3 is 28.5 Å². The van der Waals surface area contributed by atoms with E-state index in [2.05, 4.69) is 9.89 Å². The molecular formula is C26H30F3NO6. The number of ether oxygens (including phenoxy) is 5. The maximum atomic E-state index is 12.3. The molecule has 1 aliphatic heterocycles. The molecule has 0 amide bonds. The van der Waals surface area contributed by atoms with Gasteiger partial charge in [0.2, 0.25) is 0 Å². The quantitative estimate of drug-likeness (QED) is 0.247. The van der Waals surface area contributed by atoms with Crippen LogP contribution in [0, 0.1) is 0 Å². The third-order valence-corrected chi connectivity index (χ3v) is 5.52. The minimum atomic E-state index is -4.71. The van der Waals surface area contributed by atoms with Gasteiger partial charge in [0.05, 0.1) is 12.3 Å². The highest BCUT2D eigenvalue weighted by atomic mass is 19.4. The van der Waals surface area contributed by atoms with E-state index in [4.69, 9.17) is 23.8 Å². The summed E-state index contributed by atoms with van der Waals surface area (Å²) >= 11 is 0. The summed E-state index contributed by atoms with van der Waals surface area (Å²) in [5, 5.41) is 4.06. The van der Waals surface area contributed by atoms with Crippen molar-refractivity contribution in [1.82, 2.24) is 0 Å². The maximum Gasteiger partial charge on any atom is 0.573 e. The molecule has 1 fully saturated rings. The van der Waals surface area contributed by atoms with Crippen molar-refractivity contribution in [3.8, 4) is 5.75 Å². The number of alkyl halides is 3. The van der Waals surface area contributed by atoms with Gasteiger partial charge in [-0.05, 0) is 42.7 Å². The lowest BCUT2D eigenvalue weighted by molar-refractivity contribution is -0.308. The number of rotatable bonds is 10. The van der Waals surface area contributed by atoms with Crippen LogP contribution in [0.15, 0.2) is 53.7 Å². The highest BCUT2D eigenvalue weighted by Gasteiger charge is 2.47. The monoisotopic (exact) mass is 509 g/mol. The lowest BCUT2D eigenvalue weighted by Gasteiger charge is -2.42. The first-order valence-corrected chi connectivity index (χ1v) is 11.4. The Labute approximate surface area is 208 Å². The van der Waals surface area contributed by atoms with Crippen molar-refractivity contribution in [2.45, 2.75) is 50.9 Å². The molecule has 196 valence electrons. The summed E-state index contributed by atoms with van der Waals surface area (Å²) in [4.78, 5) is 5.60. The smallest absolute Gasteiger partial charge is 0.406 e. The zero-order chi connectivity index (χ0) is 26.1. The van der Waals surface area contributed by atoms with Crippen LogP contribution >= 0.6 is 0 Å². The summed E-state index contributed by atoms with van der Waals surface area (Å²) in [5.74, 6) is -0.262. The highest BCUT2D eigenvalue weighted by Crippen LogP contribution is 2.28. The third-order valence-electron chi connectivity index (χ3n) is 5.52. The molecule has 3 rings (SSSR count). The van der Waals surface area contributed by atoms with Crippen LogP contribution < -0.4 is 4.74 Å². The molecule has 10 heteroatoms. The second-order valence-electron chi connectivity index (χ2n) is 7.99. The molecule has 1 aliphatic rings. The molecule has 2 aromatic carbocycles. The Morgan fingerprint density at radius 3 is 1.94 bits per heavy atom. The van der Waals surface area contributed by atoms with Gasteiger partial charge in [0.1, 0.15) is 18.0 Å². The Morgan fingerprint density at radius 2 is 1.42 bits per heavy atom. The third kappa shape index (κ3) is 7.79. The van der Waals surface area contributed by atoms with E-state index in [1.54, 1.807) is 38.6 Å². The van der Waals surface area contributed by atoms with Crippen LogP contribution in [-0.2, 0) is 23.8 Å². The summed E-state index contributed by atoms with van der Waals surface area (Å²) in [5.41, 5.74) is 2.44. The Morgan fingerprint density at radius 1 is 0.861 bits per heavy atom. The van der Waals surface area contributed by atoms with E-state index in [0.717, 1.165) is 16.7 Å². The van der Waals surface area contributed by atoms with E-state index in [1.165, 1.54) is 12.1 Å². The molecule has 0 N–H and O–H groups in total. The van der Waals surface area contributed by atoms with Crippen LogP contribution in [0.5, 0.6) is 5.75 Å². The molecule has 2 aromatic rings. The topological polar surface area (TPSA) is 67.7 Å². The van der Waals surface area contributed by atoms with E-state index >= 15 is 0 Å². The van der Waals surface area contributed by atoms with Gasteiger partial charge in [-0.3, -0.25) is 0 Å². The van der Waals surface area contributed by atoms with Crippen molar-refractivity contribution >= 4 is 18.4 Å². The zero-order valence-corrected chi connectivity index (χ0v) is 20.5. The molecule has 0 spiro atoms. The fourth-order valence-corrected chi connectivity index (χ4v) is 3.83. The standard InChI is InChI=1S/C26H30F3NO6/c1-5-33-23-22(31-3)17(2)34-25(24(23)32-4)36-30-16-20-10-8-18(9-11-20)6-7-19-12-14-21(15-13-19)35-26(27,28)29/h6-17,22-25H,5H2,1-4H3/b7-6+,30-16+/t17-,22-,23+,24+,25-/m0/s1. The SMILES string of the molecule is CCO[C@@H]1[C@@H](OC)[C@H](C)O[C@@H](O/N=C/c2ccc(/C=C/c3ccc(OC(F)(F)F)cc3)cc2)[C@@H]1OC. The normalized spacial score (nSPS) is 24.9. The fourth-order valence-electron chi connectivity index (χ4n) is 3.83. The molecule has 1 heterocycles. The summed E-state index contributed by atoms with van der Waals surface area (Å²) in [6.45, 7) is 4.27. The molecule has 36 heavy (non-hydrogen) atoms. The Bertz CT molecular complexity index is 994. The molecule has 5 atom stereocenters. The van der Waals surface area contributed by atoms with Crippen LogP contribution in [-0.4, -0.2) is 64.1 Å². The second kappa shape index (κ2) is 12.9. The van der Waals surface area contributed by atoms with Gasteiger partial charge in [-0.25, -0.2) is 0 Å². The number of nitrogens with zero attached hydrogens (tertiary/aromatic N) is 1. The van der Waals surface area contributed by atoms with Crippen LogP contribution in [0.2, 0.25) is 0 Å². The van der Waals surface area contributed by atoms with Gasteiger partial charge in [-0.15, -0.1) is 13.2 Å². The van der Waals surface area contributed by atoms with Crippen molar-refractivity contribution in [3.63, 3.8) is 0 Å². The van der Waals surface area contributed by atoms with Crippen molar-refractivity contribution in [1.29, 1.82) is 0 Å². The zero-order valence-electron chi connectivity index (χ0n) is 20.5. The molecule has 0 aromatic heterocycles. The number of oxime groups is 1. The van der Waals surface area contributed by atoms with Gasteiger partial charge in [0.15, 0.2) is 6.10 Å². The van der Waals surface area contributed by atoms with E-state index in [1.807, 2.05) is 44.2 Å². The van der Waals surface area contributed by atoms with Crippen molar-refractivity contribution in [3.05, 3.63) is 65.2 Å². The first-order chi connectivity index (χ1) is 17.2. The minimum Gasteiger partial charge on any atom is -0.406 e. The minimum absolute atomic E-state index is 0.262. The van der Waals surface area contributed by atoms with Crippen LogP contribution in [0.3, 0.4) is 0 Å². The average molecular weight is 510 g/mol.